The standard InChI is InChI=1S/C12H13ClN2O2/c13-9-4-3-5-10(8-9)14-11-6-1-2-7-12(11)15(16)17/h3-5,8,12H,1-2,6-7H2/t12-/m1/s1. The van der Waals surface area contributed by atoms with Gasteiger partial charge in [0.05, 0.1) is 11.4 Å². The average Bonchev–Trinajstić information content (AvgIpc) is 2.29. The summed E-state index contributed by atoms with van der Waals surface area (Å²) in [6.45, 7) is 0. The van der Waals surface area contributed by atoms with Crippen LogP contribution < -0.4 is 0 Å². The van der Waals surface area contributed by atoms with Crippen molar-refractivity contribution in [3.05, 3.63) is 39.4 Å². The highest BCUT2D eigenvalue weighted by Gasteiger charge is 2.29. The topological polar surface area (TPSA) is 55.5 Å². The van der Waals surface area contributed by atoms with E-state index in [9.17, 15) is 10.1 Å². The highest BCUT2D eigenvalue weighted by atomic mass is 35.5. The van der Waals surface area contributed by atoms with Gasteiger partial charge in [-0.3, -0.25) is 15.1 Å². The second-order valence-corrected chi connectivity index (χ2v) is 4.57. The molecular weight excluding hydrogens is 240 g/mol. The molecular formula is C12H13ClN2O2. The lowest BCUT2D eigenvalue weighted by Gasteiger charge is -2.17. The first kappa shape index (κ1) is 12.0. The van der Waals surface area contributed by atoms with E-state index in [1.54, 1.807) is 18.2 Å². The predicted octanol–water partition coefficient (Wildman–Crippen LogP) is 3.63. The van der Waals surface area contributed by atoms with Gasteiger partial charge in [-0.25, -0.2) is 0 Å². The number of nitrogens with zero attached hydrogens (tertiary/aromatic N) is 2. The zero-order chi connectivity index (χ0) is 12.3. The van der Waals surface area contributed by atoms with Gasteiger partial charge < -0.3 is 0 Å². The molecule has 5 heteroatoms. The Balaban J connectivity index is 2.27. The Kier molecular flexibility index (Phi) is 3.74. The number of rotatable bonds is 2. The van der Waals surface area contributed by atoms with Crippen LogP contribution in [0.4, 0.5) is 5.69 Å². The van der Waals surface area contributed by atoms with Crippen LogP contribution in [0.3, 0.4) is 0 Å². The molecule has 2 rings (SSSR count). The van der Waals surface area contributed by atoms with E-state index in [2.05, 4.69) is 4.99 Å². The molecule has 0 N–H and O–H groups in total. The van der Waals surface area contributed by atoms with Gasteiger partial charge in [0, 0.05) is 16.4 Å². The minimum absolute atomic E-state index is 0.234. The van der Waals surface area contributed by atoms with Crippen molar-refractivity contribution >= 4 is 23.0 Å². The number of aliphatic imine (C=N–C) groups is 1. The van der Waals surface area contributed by atoms with Crippen LogP contribution in [0.15, 0.2) is 29.3 Å². The fourth-order valence-electron chi connectivity index (χ4n) is 2.05. The number of hydrogen-bond acceptors (Lipinski definition) is 3. The Labute approximate surface area is 104 Å². The first-order valence-corrected chi connectivity index (χ1v) is 6.01. The number of hydrogen-bond donors (Lipinski definition) is 0. The molecule has 4 nitrogen and oxygen atoms in total. The van der Waals surface area contributed by atoms with E-state index in [1.165, 1.54) is 0 Å². The maximum atomic E-state index is 10.9. The van der Waals surface area contributed by atoms with Gasteiger partial charge in [0.25, 0.3) is 6.04 Å². The Morgan fingerprint density at radius 3 is 2.94 bits per heavy atom. The van der Waals surface area contributed by atoms with Crippen LogP contribution in [0.5, 0.6) is 0 Å². The number of nitro groups is 1. The van der Waals surface area contributed by atoms with Gasteiger partial charge in [-0.1, -0.05) is 17.7 Å². The molecule has 0 unspecified atom stereocenters. The summed E-state index contributed by atoms with van der Waals surface area (Å²) < 4.78 is 0. The average molecular weight is 253 g/mol. The summed E-state index contributed by atoms with van der Waals surface area (Å²) in [7, 11) is 0. The summed E-state index contributed by atoms with van der Waals surface area (Å²) in [5.41, 5.74) is 1.37. The van der Waals surface area contributed by atoms with Gasteiger partial charge in [-0.15, -0.1) is 0 Å². The third-order valence-electron chi connectivity index (χ3n) is 2.88. The van der Waals surface area contributed by atoms with Gasteiger partial charge in [-0.05, 0) is 37.5 Å². The minimum atomic E-state index is -0.622. The first-order valence-electron chi connectivity index (χ1n) is 5.63. The predicted molar refractivity (Wildman–Crippen MR) is 67.8 cm³/mol. The molecule has 1 aliphatic carbocycles. The van der Waals surface area contributed by atoms with Gasteiger partial charge in [-0.2, -0.15) is 0 Å². The van der Waals surface area contributed by atoms with E-state index in [1.807, 2.05) is 6.07 Å². The summed E-state index contributed by atoms with van der Waals surface area (Å²) in [5.74, 6) is 0. The summed E-state index contributed by atoms with van der Waals surface area (Å²) in [4.78, 5) is 15.1. The van der Waals surface area contributed by atoms with Crippen molar-refractivity contribution in [2.75, 3.05) is 0 Å². The molecule has 17 heavy (non-hydrogen) atoms. The summed E-state index contributed by atoms with van der Waals surface area (Å²) in [5, 5.41) is 11.5. The van der Waals surface area contributed by atoms with Crippen molar-refractivity contribution in [3.8, 4) is 0 Å². The molecule has 1 aliphatic rings. The molecule has 0 bridgehead atoms. The normalized spacial score (nSPS) is 22.6. The molecule has 1 fully saturated rings. The smallest absolute Gasteiger partial charge is 0.250 e. The lowest BCUT2D eigenvalue weighted by atomic mass is 9.93. The van der Waals surface area contributed by atoms with Gasteiger partial charge in [0.2, 0.25) is 0 Å². The third-order valence-corrected chi connectivity index (χ3v) is 3.12. The molecule has 0 amide bonds. The molecule has 1 atom stereocenters. The molecule has 0 heterocycles. The molecule has 90 valence electrons. The van der Waals surface area contributed by atoms with Crippen molar-refractivity contribution in [3.63, 3.8) is 0 Å². The number of benzene rings is 1. The second kappa shape index (κ2) is 5.27. The van der Waals surface area contributed by atoms with Gasteiger partial charge in [0.15, 0.2) is 0 Å². The Morgan fingerprint density at radius 1 is 1.41 bits per heavy atom. The van der Waals surface area contributed by atoms with Crippen molar-refractivity contribution in [2.24, 2.45) is 4.99 Å². The van der Waals surface area contributed by atoms with Crippen LogP contribution in [-0.2, 0) is 0 Å². The Hall–Kier alpha value is -1.42. The maximum absolute atomic E-state index is 10.9. The molecule has 1 saturated carbocycles. The highest BCUT2D eigenvalue weighted by molar-refractivity contribution is 6.30. The van der Waals surface area contributed by atoms with Crippen LogP contribution in [0.1, 0.15) is 25.7 Å². The summed E-state index contributed by atoms with van der Waals surface area (Å²) in [6, 6.07) is 6.47. The minimum Gasteiger partial charge on any atom is -0.264 e. The van der Waals surface area contributed by atoms with Crippen LogP contribution in [0, 0.1) is 10.1 Å². The Morgan fingerprint density at radius 2 is 2.24 bits per heavy atom. The van der Waals surface area contributed by atoms with Crippen LogP contribution in [0.2, 0.25) is 5.02 Å². The monoisotopic (exact) mass is 252 g/mol. The molecule has 1 aromatic rings. The van der Waals surface area contributed by atoms with Crippen molar-refractivity contribution in [1.82, 2.24) is 0 Å². The van der Waals surface area contributed by atoms with E-state index >= 15 is 0 Å². The summed E-state index contributed by atoms with van der Waals surface area (Å²) in [6.07, 6.45) is 3.18. The molecule has 1 aromatic carbocycles. The van der Waals surface area contributed by atoms with Crippen molar-refractivity contribution < 1.29 is 4.92 Å². The molecule has 0 spiro atoms. The number of halogens is 1. The van der Waals surface area contributed by atoms with Crippen molar-refractivity contribution in [2.45, 2.75) is 31.7 Å². The van der Waals surface area contributed by atoms with E-state index < -0.39 is 6.04 Å². The summed E-state index contributed by atoms with van der Waals surface area (Å²) >= 11 is 5.86. The zero-order valence-corrected chi connectivity index (χ0v) is 10.1. The van der Waals surface area contributed by atoms with Crippen LogP contribution >= 0.6 is 11.6 Å². The lowest BCUT2D eigenvalue weighted by molar-refractivity contribution is -0.504. The van der Waals surface area contributed by atoms with Gasteiger partial charge in [0.1, 0.15) is 0 Å². The van der Waals surface area contributed by atoms with E-state index in [0.29, 0.717) is 29.3 Å². The SMILES string of the molecule is O=[N+]([O-])[C@@H]1CCCCC1=Nc1cccc(Cl)c1. The maximum Gasteiger partial charge on any atom is 0.250 e. The molecule has 0 saturated heterocycles. The fourth-order valence-corrected chi connectivity index (χ4v) is 2.23. The van der Waals surface area contributed by atoms with E-state index in [-0.39, 0.29) is 4.92 Å². The lowest BCUT2D eigenvalue weighted by Crippen LogP contribution is -2.32. The Bertz CT molecular complexity index is 460. The van der Waals surface area contributed by atoms with E-state index in [4.69, 9.17) is 11.6 Å². The van der Waals surface area contributed by atoms with Crippen LogP contribution in [-0.4, -0.2) is 16.7 Å². The highest BCUT2D eigenvalue weighted by Crippen LogP contribution is 2.23. The van der Waals surface area contributed by atoms with Gasteiger partial charge >= 0.3 is 0 Å². The van der Waals surface area contributed by atoms with E-state index in [0.717, 1.165) is 12.8 Å². The fraction of sp³-hybridized carbons (Fsp3) is 0.417. The zero-order valence-electron chi connectivity index (χ0n) is 9.30. The van der Waals surface area contributed by atoms with Crippen molar-refractivity contribution in [1.29, 1.82) is 0 Å². The molecule has 0 aliphatic heterocycles. The quantitative estimate of drug-likeness (QED) is 0.596. The third kappa shape index (κ3) is 3.03. The molecule has 0 aromatic heterocycles. The first-order chi connectivity index (χ1) is 8.16. The molecule has 0 radical (unpaired) electrons. The second-order valence-electron chi connectivity index (χ2n) is 4.13. The van der Waals surface area contributed by atoms with Crippen LogP contribution in [0.25, 0.3) is 0 Å². The largest absolute Gasteiger partial charge is 0.264 e.